The van der Waals surface area contributed by atoms with Gasteiger partial charge in [-0.3, -0.25) is 5.41 Å². The minimum absolute atomic E-state index is 0.0519. The number of nitrogens with two attached hydrogens (primary N) is 1. The maximum Gasteiger partial charge on any atom is 0.330 e. The molecule has 0 radical (unpaired) electrons. The van der Waals surface area contributed by atoms with Gasteiger partial charge in [-0.15, -0.1) is 0 Å². The highest BCUT2D eigenvalue weighted by Gasteiger charge is 2.25. The van der Waals surface area contributed by atoms with Gasteiger partial charge < -0.3 is 26.0 Å². The molecule has 1 unspecified atom stereocenters. The first-order valence-electron chi connectivity index (χ1n) is 9.18. The molecule has 0 amide bonds. The minimum Gasteiger partial charge on any atom is -0.491 e. The van der Waals surface area contributed by atoms with Crippen LogP contribution in [-0.2, 0) is 11.2 Å². The fourth-order valence-corrected chi connectivity index (χ4v) is 3.06. The van der Waals surface area contributed by atoms with Crippen molar-refractivity contribution in [2.45, 2.75) is 32.7 Å². The first-order chi connectivity index (χ1) is 13.4. The van der Waals surface area contributed by atoms with Crippen molar-refractivity contribution in [3.05, 3.63) is 58.7 Å². The highest BCUT2D eigenvalue weighted by atomic mass is 16.5. The smallest absolute Gasteiger partial charge is 0.330 e. The molecule has 0 aliphatic carbocycles. The molecule has 28 heavy (non-hydrogen) atoms. The van der Waals surface area contributed by atoms with Crippen LogP contribution in [0.2, 0.25) is 0 Å². The molecule has 0 aromatic heterocycles. The Morgan fingerprint density at radius 1 is 1.29 bits per heavy atom. The number of hydrogen-bond acceptors (Lipinski definition) is 5. The van der Waals surface area contributed by atoms with Gasteiger partial charge in [-0.25, -0.2) is 4.79 Å². The van der Waals surface area contributed by atoms with Crippen molar-refractivity contribution in [2.75, 3.05) is 18.5 Å². The molecule has 7 nitrogen and oxygen atoms in total. The zero-order valence-electron chi connectivity index (χ0n) is 16.2. The summed E-state index contributed by atoms with van der Waals surface area (Å²) >= 11 is 0. The molecule has 2 aromatic carbocycles. The van der Waals surface area contributed by atoms with Gasteiger partial charge in [-0.05, 0) is 54.8 Å². The van der Waals surface area contributed by atoms with Crippen molar-refractivity contribution in [3.8, 4) is 5.75 Å². The number of nitrogens with one attached hydrogen (secondary N) is 2. The van der Waals surface area contributed by atoms with Crippen molar-refractivity contribution < 1.29 is 19.7 Å². The molecule has 0 saturated heterocycles. The van der Waals surface area contributed by atoms with E-state index >= 15 is 0 Å². The molecule has 150 valence electrons. The third-order valence-electron chi connectivity index (χ3n) is 4.30. The lowest BCUT2D eigenvalue weighted by Crippen LogP contribution is -2.22. The van der Waals surface area contributed by atoms with Gasteiger partial charge in [0.2, 0.25) is 0 Å². The van der Waals surface area contributed by atoms with Crippen molar-refractivity contribution in [2.24, 2.45) is 5.73 Å². The quantitative estimate of drug-likeness (QED) is 0.316. The van der Waals surface area contributed by atoms with E-state index in [9.17, 15) is 9.90 Å². The molecule has 2 rings (SSSR count). The number of aliphatic hydroxyl groups is 1. The summed E-state index contributed by atoms with van der Waals surface area (Å²) in [6.07, 6.45) is 1.77. The molecule has 1 atom stereocenters. The average Bonchev–Trinajstić information content (AvgIpc) is 2.65. The van der Waals surface area contributed by atoms with Gasteiger partial charge in [-0.1, -0.05) is 19.4 Å². The number of carbonyl (C=O) groups is 1. The lowest BCUT2D eigenvalue weighted by molar-refractivity contribution is -0.138. The molecule has 6 N–H and O–H groups in total. The number of ether oxygens (including phenoxy) is 1. The Labute approximate surface area is 164 Å². The van der Waals surface area contributed by atoms with E-state index < -0.39 is 12.0 Å². The van der Waals surface area contributed by atoms with Crippen LogP contribution in [0.5, 0.6) is 5.75 Å². The van der Waals surface area contributed by atoms with Crippen LogP contribution >= 0.6 is 0 Å². The summed E-state index contributed by atoms with van der Waals surface area (Å²) in [5, 5.41) is 29.5. The Morgan fingerprint density at radius 3 is 2.50 bits per heavy atom. The van der Waals surface area contributed by atoms with Crippen LogP contribution in [0.4, 0.5) is 5.69 Å². The number of aryl methyl sites for hydroxylation is 2. The van der Waals surface area contributed by atoms with E-state index in [0.29, 0.717) is 22.6 Å². The van der Waals surface area contributed by atoms with Crippen LogP contribution in [0, 0.1) is 12.3 Å². The topological polar surface area (TPSA) is 129 Å². The Morgan fingerprint density at radius 2 is 1.96 bits per heavy atom. The van der Waals surface area contributed by atoms with Crippen LogP contribution in [-0.4, -0.2) is 35.2 Å². The number of rotatable bonds is 10. The van der Waals surface area contributed by atoms with Crippen LogP contribution in [0.15, 0.2) is 36.4 Å². The Balaban J connectivity index is 2.44. The monoisotopic (exact) mass is 385 g/mol. The van der Waals surface area contributed by atoms with Gasteiger partial charge in [-0.2, -0.15) is 0 Å². The van der Waals surface area contributed by atoms with E-state index in [-0.39, 0.29) is 19.0 Å². The summed E-state index contributed by atoms with van der Waals surface area (Å²) in [7, 11) is 0. The number of amidine groups is 1. The number of carboxylic acids is 1. The Bertz CT molecular complexity index is 834. The fraction of sp³-hybridized carbons (Fsp3) is 0.333. The standard InChI is InChI=1S/C21H27N3O4/c1-3-4-14-11-13(2)19(28-10-9-25)17(12-14)18(21(26)27)24-16-7-5-15(6-8-16)20(22)23/h5-8,11-12,18,24-25H,3-4,9-10H2,1-2H3,(H3,22,23)(H,26,27). The number of aliphatic hydroxyl groups excluding tert-OH is 1. The second-order valence-corrected chi connectivity index (χ2v) is 6.56. The first-order valence-corrected chi connectivity index (χ1v) is 9.18. The van der Waals surface area contributed by atoms with Gasteiger partial charge in [0.05, 0.1) is 6.61 Å². The fourth-order valence-electron chi connectivity index (χ4n) is 3.06. The summed E-state index contributed by atoms with van der Waals surface area (Å²) in [6.45, 7) is 3.86. The first kappa shape index (κ1) is 21.2. The van der Waals surface area contributed by atoms with E-state index in [4.69, 9.17) is 21.0 Å². The van der Waals surface area contributed by atoms with E-state index in [0.717, 1.165) is 24.0 Å². The van der Waals surface area contributed by atoms with E-state index in [1.807, 2.05) is 19.1 Å². The normalized spacial score (nSPS) is 11.7. The van der Waals surface area contributed by atoms with E-state index in [2.05, 4.69) is 12.2 Å². The molecule has 0 aliphatic heterocycles. The Hall–Kier alpha value is -3.06. The van der Waals surface area contributed by atoms with Crippen molar-refractivity contribution in [1.29, 1.82) is 5.41 Å². The Kier molecular flexibility index (Phi) is 7.40. The number of anilines is 1. The highest BCUT2D eigenvalue weighted by molar-refractivity contribution is 5.95. The predicted octanol–water partition coefficient (Wildman–Crippen LogP) is 2.84. The number of nitrogen functional groups attached to an aromatic ring is 1. The van der Waals surface area contributed by atoms with Crippen molar-refractivity contribution >= 4 is 17.5 Å². The second kappa shape index (κ2) is 9.75. The van der Waals surface area contributed by atoms with Gasteiger partial charge >= 0.3 is 5.97 Å². The lowest BCUT2D eigenvalue weighted by Gasteiger charge is -2.22. The summed E-state index contributed by atoms with van der Waals surface area (Å²) in [5.41, 5.74) is 8.99. The van der Waals surface area contributed by atoms with Crippen molar-refractivity contribution in [1.82, 2.24) is 0 Å². The predicted molar refractivity (Wildman–Crippen MR) is 109 cm³/mol. The average molecular weight is 385 g/mol. The lowest BCUT2D eigenvalue weighted by atomic mass is 9.96. The summed E-state index contributed by atoms with van der Waals surface area (Å²) < 4.78 is 5.67. The molecule has 2 aromatic rings. The number of carboxylic acid groups (broad SMARTS) is 1. The molecule has 0 aliphatic rings. The van der Waals surface area contributed by atoms with Gasteiger partial charge in [0, 0.05) is 16.8 Å². The maximum absolute atomic E-state index is 12.1. The molecule has 0 fully saturated rings. The zero-order valence-corrected chi connectivity index (χ0v) is 16.2. The largest absolute Gasteiger partial charge is 0.491 e. The summed E-state index contributed by atoms with van der Waals surface area (Å²) in [4.78, 5) is 12.1. The zero-order chi connectivity index (χ0) is 20.7. The number of benzene rings is 2. The minimum atomic E-state index is -1.04. The third-order valence-corrected chi connectivity index (χ3v) is 4.30. The van der Waals surface area contributed by atoms with Gasteiger partial charge in [0.1, 0.15) is 18.2 Å². The van der Waals surface area contributed by atoms with Crippen LogP contribution in [0.25, 0.3) is 0 Å². The van der Waals surface area contributed by atoms with Crippen LogP contribution in [0.3, 0.4) is 0 Å². The van der Waals surface area contributed by atoms with E-state index in [1.165, 1.54) is 0 Å². The molecule has 7 heteroatoms. The van der Waals surface area contributed by atoms with Crippen LogP contribution in [0.1, 0.15) is 41.6 Å². The SMILES string of the molecule is CCCc1cc(C)c(OCCO)c(C(Nc2ccc(C(=N)N)cc2)C(=O)O)c1. The third kappa shape index (κ3) is 5.23. The van der Waals surface area contributed by atoms with E-state index in [1.54, 1.807) is 24.3 Å². The molecule has 0 bridgehead atoms. The molecular weight excluding hydrogens is 358 g/mol. The molecule has 0 saturated carbocycles. The molecule has 0 heterocycles. The van der Waals surface area contributed by atoms with Crippen molar-refractivity contribution in [3.63, 3.8) is 0 Å². The second-order valence-electron chi connectivity index (χ2n) is 6.56. The maximum atomic E-state index is 12.1. The molecular formula is C21H27N3O4. The molecule has 0 spiro atoms. The van der Waals surface area contributed by atoms with Crippen LogP contribution < -0.4 is 15.8 Å². The summed E-state index contributed by atoms with van der Waals surface area (Å²) in [5.74, 6) is -0.629. The number of hydrogen-bond donors (Lipinski definition) is 5. The highest BCUT2D eigenvalue weighted by Crippen LogP contribution is 2.33. The van der Waals surface area contributed by atoms with Gasteiger partial charge in [0.15, 0.2) is 6.04 Å². The summed E-state index contributed by atoms with van der Waals surface area (Å²) in [6, 6.07) is 9.48. The number of aliphatic carboxylic acids is 1. The van der Waals surface area contributed by atoms with Gasteiger partial charge in [0.25, 0.3) is 0 Å².